The Kier molecular flexibility index (Phi) is 4.55. The van der Waals surface area contributed by atoms with Crippen LogP contribution in [0.2, 0.25) is 5.02 Å². The van der Waals surface area contributed by atoms with Gasteiger partial charge in [-0.1, -0.05) is 41.9 Å². The molecule has 27 heavy (non-hydrogen) atoms. The van der Waals surface area contributed by atoms with E-state index in [1.807, 2.05) is 30.3 Å². The van der Waals surface area contributed by atoms with Crippen molar-refractivity contribution in [1.29, 1.82) is 0 Å². The van der Waals surface area contributed by atoms with Gasteiger partial charge in [0.15, 0.2) is 5.82 Å². The van der Waals surface area contributed by atoms with Gasteiger partial charge >= 0.3 is 6.03 Å². The molecule has 2 amide bonds. The molecule has 7 nitrogen and oxygen atoms in total. The van der Waals surface area contributed by atoms with E-state index >= 15 is 0 Å². The predicted octanol–water partition coefficient (Wildman–Crippen LogP) is 3.01. The lowest BCUT2D eigenvalue weighted by Crippen LogP contribution is -2.42. The minimum absolute atomic E-state index is 0.204. The molecule has 1 aliphatic heterocycles. The summed E-state index contributed by atoms with van der Waals surface area (Å²) in [4.78, 5) is 18.5. The van der Waals surface area contributed by atoms with Gasteiger partial charge in [0, 0.05) is 19.3 Å². The molecule has 1 saturated heterocycles. The molecule has 1 atom stereocenters. The summed E-state index contributed by atoms with van der Waals surface area (Å²) in [6.07, 6.45) is 5.59. The van der Waals surface area contributed by atoms with Crippen molar-refractivity contribution < 1.29 is 4.79 Å². The monoisotopic (exact) mass is 382 g/mol. The van der Waals surface area contributed by atoms with Crippen molar-refractivity contribution in [3.63, 3.8) is 0 Å². The number of carbonyl (C=O) groups excluding carboxylic acids is 1. The quantitative estimate of drug-likeness (QED) is 0.728. The SMILES string of the molecule is NC1(c2ccccc2)CCN(C(=O)Nc2cnn(-c3ncccc3Cl)c2)C1. The van der Waals surface area contributed by atoms with Crippen LogP contribution in [-0.4, -0.2) is 38.8 Å². The van der Waals surface area contributed by atoms with Crippen LogP contribution in [0, 0.1) is 0 Å². The van der Waals surface area contributed by atoms with Crippen LogP contribution in [0.15, 0.2) is 61.1 Å². The first kappa shape index (κ1) is 17.5. The number of amides is 2. The summed E-state index contributed by atoms with van der Waals surface area (Å²) in [5.41, 5.74) is 7.62. The number of likely N-dealkylation sites (tertiary alicyclic amines) is 1. The molecule has 2 aromatic heterocycles. The van der Waals surface area contributed by atoms with E-state index in [1.165, 1.54) is 4.68 Å². The van der Waals surface area contributed by atoms with E-state index in [0.717, 1.165) is 5.56 Å². The van der Waals surface area contributed by atoms with Crippen molar-refractivity contribution in [2.24, 2.45) is 5.73 Å². The van der Waals surface area contributed by atoms with E-state index in [1.54, 1.807) is 35.6 Å². The molecule has 0 bridgehead atoms. The van der Waals surface area contributed by atoms with Crippen molar-refractivity contribution in [3.8, 4) is 5.82 Å². The molecule has 4 rings (SSSR count). The van der Waals surface area contributed by atoms with Gasteiger partial charge in [0.25, 0.3) is 0 Å². The summed E-state index contributed by atoms with van der Waals surface area (Å²) in [6, 6.07) is 13.2. The van der Waals surface area contributed by atoms with Crippen molar-refractivity contribution in [2.45, 2.75) is 12.0 Å². The second-order valence-electron chi connectivity index (χ2n) is 6.61. The zero-order valence-corrected chi connectivity index (χ0v) is 15.3. The highest BCUT2D eigenvalue weighted by Crippen LogP contribution is 2.29. The van der Waals surface area contributed by atoms with Crippen LogP contribution in [0.25, 0.3) is 5.82 Å². The number of urea groups is 1. The van der Waals surface area contributed by atoms with E-state index in [2.05, 4.69) is 15.4 Å². The van der Waals surface area contributed by atoms with E-state index in [-0.39, 0.29) is 6.03 Å². The lowest BCUT2D eigenvalue weighted by molar-refractivity contribution is 0.219. The van der Waals surface area contributed by atoms with Crippen LogP contribution >= 0.6 is 11.6 Å². The Labute approximate surface area is 161 Å². The van der Waals surface area contributed by atoms with E-state index < -0.39 is 5.54 Å². The second-order valence-corrected chi connectivity index (χ2v) is 7.01. The van der Waals surface area contributed by atoms with Crippen LogP contribution in [0.4, 0.5) is 10.5 Å². The first-order valence-electron chi connectivity index (χ1n) is 8.61. The van der Waals surface area contributed by atoms with Gasteiger partial charge < -0.3 is 16.0 Å². The highest BCUT2D eigenvalue weighted by atomic mass is 35.5. The van der Waals surface area contributed by atoms with Gasteiger partial charge in [0.05, 0.1) is 28.6 Å². The first-order valence-corrected chi connectivity index (χ1v) is 8.99. The van der Waals surface area contributed by atoms with Gasteiger partial charge in [-0.05, 0) is 24.1 Å². The average molecular weight is 383 g/mol. The number of nitrogens with zero attached hydrogens (tertiary/aromatic N) is 4. The Morgan fingerprint density at radius 1 is 1.22 bits per heavy atom. The van der Waals surface area contributed by atoms with Crippen LogP contribution in [-0.2, 0) is 5.54 Å². The minimum Gasteiger partial charge on any atom is -0.322 e. The molecule has 1 aromatic carbocycles. The van der Waals surface area contributed by atoms with Crippen LogP contribution in [0.3, 0.4) is 0 Å². The normalized spacial score (nSPS) is 19.3. The third-order valence-electron chi connectivity index (χ3n) is 4.73. The molecule has 1 unspecified atom stereocenters. The number of aromatic nitrogens is 3. The second kappa shape index (κ2) is 7.02. The maximum Gasteiger partial charge on any atom is 0.322 e. The molecule has 3 aromatic rings. The molecule has 0 saturated carbocycles. The van der Waals surface area contributed by atoms with Crippen LogP contribution < -0.4 is 11.1 Å². The smallest absolute Gasteiger partial charge is 0.322 e. The number of rotatable bonds is 3. The molecular formula is C19H19ClN6O. The molecular weight excluding hydrogens is 364 g/mol. The lowest BCUT2D eigenvalue weighted by atomic mass is 9.90. The average Bonchev–Trinajstić information content (AvgIpc) is 3.31. The van der Waals surface area contributed by atoms with Gasteiger partial charge in [-0.2, -0.15) is 5.10 Å². The van der Waals surface area contributed by atoms with Crippen molar-refractivity contribution in [1.82, 2.24) is 19.7 Å². The molecule has 0 aliphatic carbocycles. The van der Waals surface area contributed by atoms with Gasteiger partial charge in [0.2, 0.25) is 0 Å². The summed E-state index contributed by atoms with van der Waals surface area (Å²) in [5.74, 6) is 0.505. The summed E-state index contributed by atoms with van der Waals surface area (Å²) < 4.78 is 1.53. The van der Waals surface area contributed by atoms with Gasteiger partial charge in [-0.3, -0.25) is 0 Å². The van der Waals surface area contributed by atoms with Crippen molar-refractivity contribution in [2.75, 3.05) is 18.4 Å². The Balaban J connectivity index is 1.44. The number of nitrogens with two attached hydrogens (primary N) is 1. The Morgan fingerprint density at radius 3 is 2.81 bits per heavy atom. The number of hydrogen-bond donors (Lipinski definition) is 2. The van der Waals surface area contributed by atoms with Gasteiger partial charge in [-0.25, -0.2) is 14.5 Å². The first-order chi connectivity index (χ1) is 13.0. The number of carbonyl (C=O) groups is 1. The maximum atomic E-state index is 12.6. The fourth-order valence-corrected chi connectivity index (χ4v) is 3.47. The topological polar surface area (TPSA) is 89.1 Å². The third-order valence-corrected chi connectivity index (χ3v) is 5.02. The Bertz CT molecular complexity index is 960. The van der Waals surface area contributed by atoms with Gasteiger partial charge in [-0.15, -0.1) is 0 Å². The molecule has 1 fully saturated rings. The summed E-state index contributed by atoms with van der Waals surface area (Å²) in [5, 5.41) is 7.56. The highest BCUT2D eigenvalue weighted by molar-refractivity contribution is 6.32. The largest absolute Gasteiger partial charge is 0.322 e. The van der Waals surface area contributed by atoms with Crippen LogP contribution in [0.1, 0.15) is 12.0 Å². The zero-order valence-electron chi connectivity index (χ0n) is 14.5. The molecule has 0 radical (unpaired) electrons. The number of anilines is 1. The summed E-state index contributed by atoms with van der Waals surface area (Å²) >= 11 is 6.13. The molecule has 0 spiro atoms. The minimum atomic E-state index is -0.524. The number of hydrogen-bond acceptors (Lipinski definition) is 4. The predicted molar refractivity (Wildman–Crippen MR) is 104 cm³/mol. The number of nitrogens with one attached hydrogen (secondary N) is 1. The number of pyridine rings is 1. The molecule has 8 heteroatoms. The molecule has 3 N–H and O–H groups in total. The van der Waals surface area contributed by atoms with E-state index in [4.69, 9.17) is 17.3 Å². The fourth-order valence-electron chi connectivity index (χ4n) is 3.26. The van der Waals surface area contributed by atoms with Crippen LogP contribution in [0.5, 0.6) is 0 Å². The van der Waals surface area contributed by atoms with E-state index in [9.17, 15) is 4.79 Å². The van der Waals surface area contributed by atoms with Crippen molar-refractivity contribution in [3.05, 3.63) is 71.6 Å². The van der Waals surface area contributed by atoms with E-state index in [0.29, 0.717) is 36.0 Å². The fraction of sp³-hybridized carbons (Fsp3) is 0.211. The zero-order chi connectivity index (χ0) is 18.9. The van der Waals surface area contributed by atoms with Crippen molar-refractivity contribution >= 4 is 23.3 Å². The molecule has 1 aliphatic rings. The highest BCUT2D eigenvalue weighted by Gasteiger charge is 2.38. The third kappa shape index (κ3) is 3.51. The Morgan fingerprint density at radius 2 is 2.04 bits per heavy atom. The lowest BCUT2D eigenvalue weighted by Gasteiger charge is -2.25. The Hall–Kier alpha value is -2.90. The molecule has 138 valence electrons. The summed E-state index contributed by atoms with van der Waals surface area (Å²) in [6.45, 7) is 1.06. The van der Waals surface area contributed by atoms with Gasteiger partial charge in [0.1, 0.15) is 0 Å². The standard InChI is InChI=1S/C19H19ClN6O/c20-16-7-4-9-22-17(16)26-12-15(11-23-26)24-18(27)25-10-8-19(21,13-25)14-5-2-1-3-6-14/h1-7,9,11-12H,8,10,13,21H2,(H,24,27). The number of benzene rings is 1. The maximum absolute atomic E-state index is 12.6. The molecule has 3 heterocycles. The number of halogens is 1. The summed E-state index contributed by atoms with van der Waals surface area (Å²) in [7, 11) is 0.